The van der Waals surface area contributed by atoms with E-state index >= 15 is 0 Å². The predicted molar refractivity (Wildman–Crippen MR) is 102 cm³/mol. The van der Waals surface area contributed by atoms with E-state index in [1.807, 2.05) is 0 Å². The summed E-state index contributed by atoms with van der Waals surface area (Å²) in [4.78, 5) is 21.6. The number of allylic oxidation sites excluding steroid dienone is 2. The van der Waals surface area contributed by atoms with Crippen molar-refractivity contribution < 1.29 is 55.3 Å². The molecule has 0 aromatic carbocycles. The Hall–Kier alpha value is 0.810. The van der Waals surface area contributed by atoms with Gasteiger partial charge in [-0.25, -0.2) is 4.57 Å². The fraction of sp³-hybridized carbons (Fsp3) is 0.889. The van der Waals surface area contributed by atoms with Gasteiger partial charge in [-0.15, -0.1) is 0 Å². The summed E-state index contributed by atoms with van der Waals surface area (Å²) in [6.07, 6.45) is 23.2. The van der Waals surface area contributed by atoms with E-state index in [0.29, 0.717) is 6.61 Å². The Morgan fingerprint density at radius 3 is 1.40 bits per heavy atom. The smallest absolute Gasteiger partial charge is 1.00 e. The van der Waals surface area contributed by atoms with Gasteiger partial charge in [-0.1, -0.05) is 76.9 Å². The van der Waals surface area contributed by atoms with Crippen molar-refractivity contribution in [3.8, 4) is 0 Å². The van der Waals surface area contributed by atoms with Crippen molar-refractivity contribution >= 4 is 7.82 Å². The van der Waals surface area contributed by atoms with Crippen molar-refractivity contribution in [2.45, 2.75) is 96.8 Å². The number of hydrogen-bond acceptors (Lipinski definition) is 2. The van der Waals surface area contributed by atoms with Crippen molar-refractivity contribution in [2.75, 3.05) is 6.61 Å². The van der Waals surface area contributed by atoms with Crippen LogP contribution in [0, 0.1) is 0 Å². The molecule has 0 aromatic heterocycles. The summed E-state index contributed by atoms with van der Waals surface area (Å²) in [7, 11) is -4.64. The first-order valence-corrected chi connectivity index (χ1v) is 11.0. The van der Waals surface area contributed by atoms with E-state index in [-0.39, 0.29) is 31.0 Å². The summed E-state index contributed by atoms with van der Waals surface area (Å²) in [6.45, 7) is 2.64. The van der Waals surface area contributed by atoms with Gasteiger partial charge >= 0.3 is 37.4 Å². The molecule has 0 aliphatic carbocycles. The van der Waals surface area contributed by atoms with E-state index in [4.69, 9.17) is 24.4 Å². The van der Waals surface area contributed by atoms with Gasteiger partial charge in [0.05, 0.1) is 0 Å². The van der Waals surface area contributed by atoms with E-state index in [9.17, 15) is 0 Å². The summed E-state index contributed by atoms with van der Waals surface area (Å²) in [5, 5.41) is 8.66. The molecule has 0 radical (unpaired) electrons. The van der Waals surface area contributed by atoms with Crippen LogP contribution in [0.2, 0.25) is 0 Å². The molecular formula is C18H40NaO5P. The largest absolute Gasteiger partial charge is 1.00 e. The Morgan fingerprint density at radius 2 is 1.04 bits per heavy atom. The van der Waals surface area contributed by atoms with Crippen molar-refractivity contribution in [3.05, 3.63) is 12.2 Å². The minimum atomic E-state index is -4.64. The van der Waals surface area contributed by atoms with Crippen molar-refractivity contribution in [3.63, 3.8) is 0 Å². The Bertz CT molecular complexity index is 306. The van der Waals surface area contributed by atoms with Gasteiger partial charge in [0.15, 0.2) is 0 Å². The molecule has 0 aliphatic heterocycles. The molecule has 0 saturated heterocycles. The number of aliphatic hydroxyl groups excluding tert-OH is 1. The summed E-state index contributed by atoms with van der Waals surface area (Å²) in [6, 6.07) is 0. The van der Waals surface area contributed by atoms with Gasteiger partial charge in [0.2, 0.25) is 0 Å². The third-order valence-corrected chi connectivity index (χ3v) is 3.67. The average molecular weight is 390 g/mol. The third-order valence-electron chi connectivity index (χ3n) is 3.67. The van der Waals surface area contributed by atoms with Crippen LogP contribution in [0.5, 0.6) is 0 Å². The first-order chi connectivity index (χ1) is 11.4. The molecule has 5 nitrogen and oxygen atoms in total. The Kier molecular flexibility index (Phi) is 30.3. The third kappa shape index (κ3) is 45.7. The van der Waals surface area contributed by atoms with Gasteiger partial charge in [-0.3, -0.25) is 0 Å². The molecule has 25 heavy (non-hydrogen) atoms. The van der Waals surface area contributed by atoms with Gasteiger partial charge in [0.25, 0.3) is 0 Å². The SMILES string of the molecule is CCCCCCCCC=CCCCCCCCCO.O=P(O)(O)O.[H-].[Na+]. The monoisotopic (exact) mass is 390 g/mol. The van der Waals surface area contributed by atoms with Crippen molar-refractivity contribution in [2.24, 2.45) is 0 Å². The van der Waals surface area contributed by atoms with E-state index in [0.717, 1.165) is 6.42 Å². The molecule has 0 aromatic rings. The maximum atomic E-state index is 8.88. The first-order valence-electron chi connectivity index (χ1n) is 9.46. The second-order valence-electron chi connectivity index (χ2n) is 6.17. The average Bonchev–Trinajstić information content (AvgIpc) is 2.49. The van der Waals surface area contributed by atoms with E-state index in [2.05, 4.69) is 19.1 Å². The van der Waals surface area contributed by atoms with Crippen LogP contribution in [0.25, 0.3) is 0 Å². The van der Waals surface area contributed by atoms with Crippen molar-refractivity contribution in [1.82, 2.24) is 0 Å². The van der Waals surface area contributed by atoms with E-state index < -0.39 is 7.82 Å². The summed E-state index contributed by atoms with van der Waals surface area (Å²) < 4.78 is 8.88. The maximum absolute atomic E-state index is 8.88. The fourth-order valence-corrected chi connectivity index (χ4v) is 2.36. The standard InChI is InChI=1S/C18H36O.Na.H3O4P.H/c1-2-3-4-5-6-7-8-9-10-11-12-13-14-15-16-17-18-19;;1-5(2,3)4;/h9-10,19H,2-8,11-18H2,1H3;;(H3,1,2,3,4);/q;+1;;-1. The van der Waals surface area contributed by atoms with Crippen LogP contribution < -0.4 is 29.6 Å². The minimum absolute atomic E-state index is 0. The van der Waals surface area contributed by atoms with Gasteiger partial charge in [-0.05, 0) is 32.1 Å². The summed E-state index contributed by atoms with van der Waals surface area (Å²) in [5.74, 6) is 0. The normalized spacial score (nSPS) is 11.1. The molecule has 0 saturated carbocycles. The van der Waals surface area contributed by atoms with Crippen LogP contribution in [0.3, 0.4) is 0 Å². The van der Waals surface area contributed by atoms with Gasteiger partial charge < -0.3 is 21.2 Å². The van der Waals surface area contributed by atoms with Crippen LogP contribution in [-0.4, -0.2) is 26.4 Å². The van der Waals surface area contributed by atoms with Gasteiger partial charge in [-0.2, -0.15) is 0 Å². The molecule has 0 atom stereocenters. The molecule has 0 bridgehead atoms. The minimum Gasteiger partial charge on any atom is -1.00 e. The van der Waals surface area contributed by atoms with Crippen molar-refractivity contribution in [1.29, 1.82) is 0 Å². The number of phosphoric acid groups is 1. The van der Waals surface area contributed by atoms with Crippen LogP contribution in [0.4, 0.5) is 0 Å². The molecule has 7 heteroatoms. The zero-order valence-corrected chi connectivity index (χ0v) is 19.3. The van der Waals surface area contributed by atoms with E-state index in [1.165, 1.54) is 83.5 Å². The molecule has 0 fully saturated rings. The maximum Gasteiger partial charge on any atom is 1.00 e. The zero-order chi connectivity index (χ0) is 18.5. The van der Waals surface area contributed by atoms with Gasteiger partial charge in [0.1, 0.15) is 0 Å². The summed E-state index contributed by atoms with van der Waals surface area (Å²) in [5.41, 5.74) is 0. The Morgan fingerprint density at radius 1 is 0.720 bits per heavy atom. The fourth-order valence-electron chi connectivity index (χ4n) is 2.36. The van der Waals surface area contributed by atoms with Crippen LogP contribution in [0.1, 0.15) is 98.2 Å². The topological polar surface area (TPSA) is 98.0 Å². The molecule has 0 rings (SSSR count). The zero-order valence-electron chi connectivity index (χ0n) is 17.4. The quantitative estimate of drug-likeness (QED) is 0.149. The van der Waals surface area contributed by atoms with Crippen LogP contribution >= 0.6 is 7.82 Å². The molecule has 0 spiro atoms. The number of aliphatic hydroxyl groups is 1. The predicted octanol–water partition coefficient (Wildman–Crippen LogP) is 2.20. The van der Waals surface area contributed by atoms with E-state index in [1.54, 1.807) is 0 Å². The second kappa shape index (κ2) is 24.8. The molecular weight excluding hydrogens is 350 g/mol. The van der Waals surface area contributed by atoms with Gasteiger partial charge in [0, 0.05) is 6.61 Å². The number of unbranched alkanes of at least 4 members (excludes halogenated alkanes) is 12. The Balaban J connectivity index is -0.000000304. The number of rotatable bonds is 15. The first kappa shape index (κ1) is 30.5. The molecule has 148 valence electrons. The molecule has 4 N–H and O–H groups in total. The second-order valence-corrected chi connectivity index (χ2v) is 7.20. The Labute approximate surface area is 178 Å². The molecule has 0 aliphatic rings. The molecule has 0 heterocycles. The van der Waals surface area contributed by atoms with Crippen LogP contribution in [-0.2, 0) is 4.57 Å². The summed E-state index contributed by atoms with van der Waals surface area (Å²) >= 11 is 0. The molecule has 0 unspecified atom stereocenters. The number of hydrogen-bond donors (Lipinski definition) is 4. The molecule has 0 amide bonds. The van der Waals surface area contributed by atoms with Crippen LogP contribution in [0.15, 0.2) is 12.2 Å².